The van der Waals surface area contributed by atoms with Gasteiger partial charge in [-0.05, 0) is 19.3 Å². The summed E-state index contributed by atoms with van der Waals surface area (Å²) in [5, 5.41) is 0. The number of piperidine rings is 1. The van der Waals surface area contributed by atoms with Crippen LogP contribution in [0.5, 0.6) is 0 Å². The molecule has 1 nitrogen and oxygen atoms in total. The van der Waals surface area contributed by atoms with Crippen LogP contribution in [0.4, 0.5) is 0 Å². The standard InChI is InChI=1S/C10H15N/c1-9-5-7-11-6-3-2-4-10(11)8-9/h2,4,10H,1,3,5-8H2. The second-order valence-corrected chi connectivity index (χ2v) is 3.52. The molecule has 0 spiro atoms. The van der Waals surface area contributed by atoms with E-state index < -0.39 is 0 Å². The Balaban J connectivity index is 2.08. The van der Waals surface area contributed by atoms with Gasteiger partial charge in [-0.1, -0.05) is 24.3 Å². The third kappa shape index (κ3) is 1.38. The van der Waals surface area contributed by atoms with Crippen LogP contribution in [0.15, 0.2) is 24.3 Å². The minimum Gasteiger partial charge on any atom is -0.296 e. The first-order valence-corrected chi connectivity index (χ1v) is 4.43. The van der Waals surface area contributed by atoms with Gasteiger partial charge in [-0.3, -0.25) is 4.90 Å². The summed E-state index contributed by atoms with van der Waals surface area (Å²) in [5.74, 6) is 0. The topological polar surface area (TPSA) is 3.24 Å². The molecule has 0 saturated carbocycles. The fourth-order valence-electron chi connectivity index (χ4n) is 1.96. The molecule has 2 aliphatic rings. The summed E-state index contributed by atoms with van der Waals surface area (Å²) < 4.78 is 0. The van der Waals surface area contributed by atoms with E-state index in [-0.39, 0.29) is 0 Å². The van der Waals surface area contributed by atoms with E-state index >= 15 is 0 Å². The molecule has 0 amide bonds. The molecule has 11 heavy (non-hydrogen) atoms. The van der Waals surface area contributed by atoms with Crippen LogP contribution in [0, 0.1) is 0 Å². The Hall–Kier alpha value is -0.560. The molecule has 60 valence electrons. The maximum absolute atomic E-state index is 4.04. The van der Waals surface area contributed by atoms with Crippen molar-refractivity contribution in [1.82, 2.24) is 4.90 Å². The molecule has 1 unspecified atom stereocenters. The van der Waals surface area contributed by atoms with E-state index in [1.54, 1.807) is 0 Å². The van der Waals surface area contributed by atoms with Gasteiger partial charge >= 0.3 is 0 Å². The Morgan fingerprint density at radius 3 is 3.27 bits per heavy atom. The van der Waals surface area contributed by atoms with Crippen molar-refractivity contribution in [3.63, 3.8) is 0 Å². The van der Waals surface area contributed by atoms with Crippen LogP contribution < -0.4 is 0 Å². The maximum Gasteiger partial charge on any atom is 0.0315 e. The number of nitrogens with zero attached hydrogens (tertiary/aromatic N) is 1. The monoisotopic (exact) mass is 149 g/mol. The smallest absolute Gasteiger partial charge is 0.0315 e. The lowest BCUT2D eigenvalue weighted by Gasteiger charge is -2.36. The molecule has 2 rings (SSSR count). The lowest BCUT2D eigenvalue weighted by atomic mass is 9.95. The van der Waals surface area contributed by atoms with Gasteiger partial charge in [-0.15, -0.1) is 0 Å². The van der Waals surface area contributed by atoms with Gasteiger partial charge in [0.2, 0.25) is 0 Å². The van der Waals surface area contributed by atoms with Crippen LogP contribution in [-0.2, 0) is 0 Å². The lowest BCUT2D eigenvalue weighted by Crippen LogP contribution is -2.41. The van der Waals surface area contributed by atoms with Crippen molar-refractivity contribution in [2.24, 2.45) is 0 Å². The highest BCUT2D eigenvalue weighted by Crippen LogP contribution is 2.24. The molecule has 1 fully saturated rings. The first-order chi connectivity index (χ1) is 5.36. The Labute approximate surface area is 68.4 Å². The summed E-state index contributed by atoms with van der Waals surface area (Å²) in [7, 11) is 0. The Morgan fingerprint density at radius 2 is 2.36 bits per heavy atom. The Kier molecular flexibility index (Phi) is 1.82. The van der Waals surface area contributed by atoms with E-state index in [9.17, 15) is 0 Å². The number of hydrogen-bond donors (Lipinski definition) is 0. The predicted molar refractivity (Wildman–Crippen MR) is 47.5 cm³/mol. The highest BCUT2D eigenvalue weighted by Gasteiger charge is 2.22. The van der Waals surface area contributed by atoms with Gasteiger partial charge in [0.1, 0.15) is 0 Å². The SMILES string of the molecule is C=C1CCN2CCC=CC2C1. The Bertz CT molecular complexity index is 193. The lowest BCUT2D eigenvalue weighted by molar-refractivity contribution is 0.201. The Morgan fingerprint density at radius 1 is 1.45 bits per heavy atom. The third-order valence-electron chi connectivity index (χ3n) is 2.66. The molecule has 0 aromatic rings. The number of rotatable bonds is 0. The maximum atomic E-state index is 4.04. The molecule has 0 aliphatic carbocycles. The van der Waals surface area contributed by atoms with Crippen molar-refractivity contribution < 1.29 is 0 Å². The summed E-state index contributed by atoms with van der Waals surface area (Å²) in [5.41, 5.74) is 1.43. The van der Waals surface area contributed by atoms with Gasteiger partial charge in [0.05, 0.1) is 0 Å². The van der Waals surface area contributed by atoms with E-state index in [1.165, 1.54) is 37.9 Å². The van der Waals surface area contributed by atoms with Gasteiger partial charge in [-0.2, -0.15) is 0 Å². The zero-order valence-corrected chi connectivity index (χ0v) is 6.92. The minimum absolute atomic E-state index is 0.685. The van der Waals surface area contributed by atoms with Gasteiger partial charge in [0.25, 0.3) is 0 Å². The molecule has 2 aliphatic heterocycles. The van der Waals surface area contributed by atoms with E-state index in [2.05, 4.69) is 23.6 Å². The molecule has 1 saturated heterocycles. The zero-order valence-electron chi connectivity index (χ0n) is 6.92. The van der Waals surface area contributed by atoms with Gasteiger partial charge in [-0.25, -0.2) is 0 Å². The van der Waals surface area contributed by atoms with Crippen molar-refractivity contribution >= 4 is 0 Å². The van der Waals surface area contributed by atoms with Crippen molar-refractivity contribution in [3.8, 4) is 0 Å². The molecule has 0 N–H and O–H groups in total. The van der Waals surface area contributed by atoms with Crippen molar-refractivity contribution in [2.45, 2.75) is 25.3 Å². The highest BCUT2D eigenvalue weighted by atomic mass is 15.2. The predicted octanol–water partition coefficient (Wildman–Crippen LogP) is 1.97. The van der Waals surface area contributed by atoms with Crippen molar-refractivity contribution in [3.05, 3.63) is 24.3 Å². The van der Waals surface area contributed by atoms with Crippen molar-refractivity contribution in [1.29, 1.82) is 0 Å². The summed E-state index contributed by atoms with van der Waals surface area (Å²) in [6, 6.07) is 0.685. The highest BCUT2D eigenvalue weighted by molar-refractivity contribution is 5.11. The summed E-state index contributed by atoms with van der Waals surface area (Å²) in [4.78, 5) is 2.56. The fourth-order valence-corrected chi connectivity index (χ4v) is 1.96. The largest absolute Gasteiger partial charge is 0.296 e. The van der Waals surface area contributed by atoms with Crippen LogP contribution in [0.25, 0.3) is 0 Å². The van der Waals surface area contributed by atoms with Gasteiger partial charge in [0.15, 0.2) is 0 Å². The van der Waals surface area contributed by atoms with E-state index in [0.29, 0.717) is 6.04 Å². The molecular weight excluding hydrogens is 134 g/mol. The molecule has 1 atom stereocenters. The molecule has 2 heterocycles. The molecule has 1 heteroatoms. The molecule has 0 bridgehead atoms. The quantitative estimate of drug-likeness (QED) is 0.476. The third-order valence-corrected chi connectivity index (χ3v) is 2.66. The molecular formula is C10H15N. The van der Waals surface area contributed by atoms with Crippen LogP contribution in [0.2, 0.25) is 0 Å². The van der Waals surface area contributed by atoms with Crippen LogP contribution in [-0.4, -0.2) is 24.0 Å². The summed E-state index contributed by atoms with van der Waals surface area (Å²) in [6.45, 7) is 6.53. The van der Waals surface area contributed by atoms with E-state index in [4.69, 9.17) is 0 Å². The molecule has 0 radical (unpaired) electrons. The fraction of sp³-hybridized carbons (Fsp3) is 0.600. The molecule has 0 aromatic heterocycles. The normalized spacial score (nSPS) is 32.0. The summed E-state index contributed by atoms with van der Waals surface area (Å²) >= 11 is 0. The van der Waals surface area contributed by atoms with E-state index in [0.717, 1.165) is 0 Å². The van der Waals surface area contributed by atoms with Gasteiger partial charge < -0.3 is 0 Å². The first-order valence-electron chi connectivity index (χ1n) is 4.43. The number of fused-ring (bicyclic) bond motifs is 1. The molecule has 0 aromatic carbocycles. The van der Waals surface area contributed by atoms with Crippen molar-refractivity contribution in [2.75, 3.05) is 13.1 Å². The zero-order chi connectivity index (χ0) is 7.68. The number of hydrogen-bond acceptors (Lipinski definition) is 1. The first kappa shape index (κ1) is 7.11. The van der Waals surface area contributed by atoms with Gasteiger partial charge in [0, 0.05) is 19.1 Å². The van der Waals surface area contributed by atoms with Crippen LogP contribution in [0.1, 0.15) is 19.3 Å². The van der Waals surface area contributed by atoms with Crippen LogP contribution >= 0.6 is 0 Å². The van der Waals surface area contributed by atoms with Crippen LogP contribution in [0.3, 0.4) is 0 Å². The summed E-state index contributed by atoms with van der Waals surface area (Å²) in [6.07, 6.45) is 8.29. The second kappa shape index (κ2) is 2.82. The second-order valence-electron chi connectivity index (χ2n) is 3.52. The minimum atomic E-state index is 0.685. The van der Waals surface area contributed by atoms with E-state index in [1.807, 2.05) is 0 Å². The average Bonchev–Trinajstić information content (AvgIpc) is 2.04. The average molecular weight is 149 g/mol.